The largest absolute Gasteiger partial charge is 0.379 e. The van der Waals surface area contributed by atoms with Crippen LogP contribution in [0.2, 0.25) is 0 Å². The molecule has 0 spiro atoms. The summed E-state index contributed by atoms with van der Waals surface area (Å²) in [6, 6.07) is 5.02. The van der Waals surface area contributed by atoms with Gasteiger partial charge in [-0.1, -0.05) is 5.16 Å². The Labute approximate surface area is 116 Å². The molecule has 0 fully saturated rings. The number of rotatable bonds is 5. The molecule has 1 heterocycles. The molecule has 94 valence electrons. The predicted octanol–water partition coefficient (Wildman–Crippen LogP) is 2.24. The van der Waals surface area contributed by atoms with Crippen LogP contribution in [0.3, 0.4) is 0 Å². The number of nitro benzene ring substituents is 1. The quantitative estimate of drug-likeness (QED) is 0.499. The maximum absolute atomic E-state index is 10.9. The molecule has 2 aromatic rings. The molecule has 0 saturated heterocycles. The highest BCUT2D eigenvalue weighted by atomic mass is 127. The number of nitrogens with zero attached hydrogens (tertiary/aromatic N) is 3. The van der Waals surface area contributed by atoms with Gasteiger partial charge in [0.05, 0.1) is 4.92 Å². The van der Waals surface area contributed by atoms with Crippen molar-refractivity contribution in [3.05, 3.63) is 44.1 Å². The third-order valence-corrected chi connectivity index (χ3v) is 2.89. The van der Waals surface area contributed by atoms with Crippen LogP contribution in [0, 0.1) is 13.7 Å². The van der Waals surface area contributed by atoms with Crippen LogP contribution in [0.25, 0.3) is 0 Å². The molecule has 0 aliphatic rings. The minimum Gasteiger partial charge on any atom is -0.379 e. The van der Waals surface area contributed by atoms with Crippen molar-refractivity contribution >= 4 is 34.0 Å². The van der Waals surface area contributed by atoms with Gasteiger partial charge in [-0.15, -0.1) is 0 Å². The van der Waals surface area contributed by atoms with Crippen molar-refractivity contribution in [3.8, 4) is 0 Å². The first-order valence-corrected chi connectivity index (χ1v) is 6.18. The molecule has 0 unspecified atom stereocenters. The van der Waals surface area contributed by atoms with Crippen LogP contribution >= 0.6 is 22.6 Å². The lowest BCUT2D eigenvalue weighted by Gasteiger charge is -2.05. The summed E-state index contributed by atoms with van der Waals surface area (Å²) < 4.78 is 5.65. The van der Waals surface area contributed by atoms with E-state index in [1.807, 2.05) is 28.7 Å². The van der Waals surface area contributed by atoms with Gasteiger partial charge in [0.25, 0.3) is 5.69 Å². The van der Waals surface area contributed by atoms with Crippen molar-refractivity contribution in [1.82, 2.24) is 10.1 Å². The summed E-state index contributed by atoms with van der Waals surface area (Å²) in [6.45, 7) is 0.490. The van der Waals surface area contributed by atoms with Crippen LogP contribution in [0.5, 0.6) is 0 Å². The summed E-state index contributed by atoms with van der Waals surface area (Å²) in [6.07, 6.45) is 1.84. The van der Waals surface area contributed by atoms with Crippen LogP contribution < -0.4 is 5.32 Å². The standard InChI is InChI=1S/C10H9IN4O3/c11-7-1-2-8(9(5-7)15(16)17)12-4-3-10-13-6-14-18-10/h1-2,5-6,12H,3-4H2. The zero-order valence-electron chi connectivity index (χ0n) is 9.17. The van der Waals surface area contributed by atoms with E-state index in [0.717, 1.165) is 3.57 Å². The van der Waals surface area contributed by atoms with Crippen LogP contribution in [0.15, 0.2) is 29.0 Å². The number of benzene rings is 1. The van der Waals surface area contributed by atoms with E-state index in [9.17, 15) is 10.1 Å². The van der Waals surface area contributed by atoms with E-state index in [0.29, 0.717) is 24.5 Å². The van der Waals surface area contributed by atoms with Crippen molar-refractivity contribution < 1.29 is 9.45 Å². The average Bonchev–Trinajstić information content (AvgIpc) is 2.84. The van der Waals surface area contributed by atoms with Gasteiger partial charge in [-0.05, 0) is 34.7 Å². The number of aromatic nitrogens is 2. The molecule has 0 radical (unpaired) electrons. The maximum atomic E-state index is 10.9. The fourth-order valence-corrected chi connectivity index (χ4v) is 1.89. The maximum Gasteiger partial charge on any atom is 0.293 e. The monoisotopic (exact) mass is 360 g/mol. The highest BCUT2D eigenvalue weighted by Gasteiger charge is 2.13. The number of hydrogen-bond donors (Lipinski definition) is 1. The van der Waals surface area contributed by atoms with Gasteiger partial charge in [0, 0.05) is 22.6 Å². The molecule has 1 N–H and O–H groups in total. The topological polar surface area (TPSA) is 94.1 Å². The smallest absolute Gasteiger partial charge is 0.293 e. The Morgan fingerprint density at radius 1 is 1.50 bits per heavy atom. The molecule has 8 heteroatoms. The van der Waals surface area contributed by atoms with E-state index in [1.54, 1.807) is 6.07 Å². The molecule has 0 saturated carbocycles. The fraction of sp³-hybridized carbons (Fsp3) is 0.200. The zero-order chi connectivity index (χ0) is 13.0. The van der Waals surface area contributed by atoms with Crippen LogP contribution in [-0.2, 0) is 6.42 Å². The highest BCUT2D eigenvalue weighted by Crippen LogP contribution is 2.26. The van der Waals surface area contributed by atoms with Crippen molar-refractivity contribution in [2.24, 2.45) is 0 Å². The predicted molar refractivity (Wildman–Crippen MR) is 72.3 cm³/mol. The summed E-state index contributed by atoms with van der Waals surface area (Å²) in [7, 11) is 0. The van der Waals surface area contributed by atoms with Gasteiger partial charge in [0.2, 0.25) is 5.89 Å². The Balaban J connectivity index is 2.02. The average molecular weight is 360 g/mol. The summed E-state index contributed by atoms with van der Waals surface area (Å²) in [5.74, 6) is 0.496. The van der Waals surface area contributed by atoms with Crippen LogP contribution in [-0.4, -0.2) is 21.6 Å². The van der Waals surface area contributed by atoms with Gasteiger partial charge < -0.3 is 9.84 Å². The second kappa shape index (κ2) is 5.76. The van der Waals surface area contributed by atoms with Crippen LogP contribution in [0.4, 0.5) is 11.4 Å². The third-order valence-electron chi connectivity index (χ3n) is 2.22. The van der Waals surface area contributed by atoms with E-state index < -0.39 is 4.92 Å². The SMILES string of the molecule is O=[N+]([O-])c1cc(I)ccc1NCCc1ncno1. The molecule has 0 aliphatic heterocycles. The van der Waals surface area contributed by atoms with Crippen molar-refractivity contribution in [1.29, 1.82) is 0 Å². The molecular weight excluding hydrogens is 351 g/mol. The highest BCUT2D eigenvalue weighted by molar-refractivity contribution is 14.1. The van der Waals surface area contributed by atoms with E-state index >= 15 is 0 Å². The first-order chi connectivity index (χ1) is 8.66. The van der Waals surface area contributed by atoms with E-state index in [4.69, 9.17) is 4.52 Å². The molecule has 1 aromatic carbocycles. The summed E-state index contributed by atoms with van der Waals surface area (Å²) in [5.41, 5.74) is 0.548. The molecule has 7 nitrogen and oxygen atoms in total. The molecule has 2 rings (SSSR count). The fourth-order valence-electron chi connectivity index (χ4n) is 1.42. The van der Waals surface area contributed by atoms with Crippen molar-refractivity contribution in [2.75, 3.05) is 11.9 Å². The summed E-state index contributed by atoms with van der Waals surface area (Å²) in [5, 5.41) is 17.4. The lowest BCUT2D eigenvalue weighted by molar-refractivity contribution is -0.384. The zero-order valence-corrected chi connectivity index (χ0v) is 11.3. The summed E-state index contributed by atoms with van der Waals surface area (Å²) in [4.78, 5) is 14.3. The minimum absolute atomic E-state index is 0.0624. The van der Waals surface area contributed by atoms with Crippen molar-refractivity contribution in [3.63, 3.8) is 0 Å². The Kier molecular flexibility index (Phi) is 4.07. The van der Waals surface area contributed by atoms with Crippen LogP contribution in [0.1, 0.15) is 5.89 Å². The van der Waals surface area contributed by atoms with Gasteiger partial charge >= 0.3 is 0 Å². The number of nitrogens with one attached hydrogen (secondary N) is 1. The molecular formula is C10H9IN4O3. The molecule has 0 aliphatic carbocycles. The first kappa shape index (κ1) is 12.7. The number of hydrogen-bond acceptors (Lipinski definition) is 6. The molecule has 0 atom stereocenters. The van der Waals surface area contributed by atoms with E-state index in [1.165, 1.54) is 12.4 Å². The Bertz CT molecular complexity index is 544. The third kappa shape index (κ3) is 3.15. The van der Waals surface area contributed by atoms with E-state index in [-0.39, 0.29) is 5.69 Å². The molecule has 0 amide bonds. The number of halogens is 1. The Morgan fingerprint density at radius 3 is 3.00 bits per heavy atom. The first-order valence-electron chi connectivity index (χ1n) is 5.10. The molecule has 18 heavy (non-hydrogen) atoms. The second-order valence-electron chi connectivity index (χ2n) is 3.43. The van der Waals surface area contributed by atoms with Gasteiger partial charge in [0.1, 0.15) is 5.69 Å². The molecule has 1 aromatic heterocycles. The second-order valence-corrected chi connectivity index (χ2v) is 4.68. The number of anilines is 1. The molecule has 0 bridgehead atoms. The normalized spacial score (nSPS) is 10.3. The lowest BCUT2D eigenvalue weighted by atomic mass is 10.2. The van der Waals surface area contributed by atoms with E-state index in [2.05, 4.69) is 15.5 Å². The van der Waals surface area contributed by atoms with Gasteiger partial charge in [-0.3, -0.25) is 10.1 Å². The van der Waals surface area contributed by atoms with Gasteiger partial charge in [0.15, 0.2) is 6.33 Å². The Hall–Kier alpha value is -1.71. The van der Waals surface area contributed by atoms with Gasteiger partial charge in [-0.2, -0.15) is 4.98 Å². The number of nitro groups is 1. The lowest BCUT2D eigenvalue weighted by Crippen LogP contribution is -2.07. The minimum atomic E-state index is -0.406. The summed E-state index contributed by atoms with van der Waals surface area (Å²) >= 11 is 2.04. The van der Waals surface area contributed by atoms with Crippen molar-refractivity contribution in [2.45, 2.75) is 6.42 Å². The van der Waals surface area contributed by atoms with Gasteiger partial charge in [-0.25, -0.2) is 0 Å². The Morgan fingerprint density at radius 2 is 2.33 bits per heavy atom.